The second kappa shape index (κ2) is 6.30. The van der Waals surface area contributed by atoms with E-state index in [9.17, 15) is 10.1 Å². The third-order valence-corrected chi connectivity index (χ3v) is 3.03. The van der Waals surface area contributed by atoms with E-state index in [0.29, 0.717) is 25.1 Å². The van der Waals surface area contributed by atoms with Gasteiger partial charge in [0, 0.05) is 18.8 Å². The fourth-order valence-corrected chi connectivity index (χ4v) is 2.13. The van der Waals surface area contributed by atoms with Crippen LogP contribution in [0, 0.1) is 10.1 Å². The number of aromatic nitrogens is 1. The molecule has 0 aromatic carbocycles. The second-order valence-electron chi connectivity index (χ2n) is 4.33. The number of pyridine rings is 1. The number of anilines is 1. The van der Waals surface area contributed by atoms with Gasteiger partial charge in [0.1, 0.15) is 0 Å². The first-order valence-electron chi connectivity index (χ1n) is 6.22. The molecule has 98 valence electrons. The summed E-state index contributed by atoms with van der Waals surface area (Å²) >= 11 is 0. The zero-order valence-electron chi connectivity index (χ0n) is 10.2. The van der Waals surface area contributed by atoms with Crippen molar-refractivity contribution in [2.24, 2.45) is 0 Å². The topological polar surface area (TPSA) is 77.3 Å². The Morgan fingerprint density at radius 1 is 1.50 bits per heavy atom. The van der Waals surface area contributed by atoms with Crippen molar-refractivity contribution in [1.29, 1.82) is 0 Å². The molecule has 0 bridgehead atoms. The Bertz CT molecular complexity index is 405. The van der Waals surface area contributed by atoms with Crippen molar-refractivity contribution in [1.82, 2.24) is 4.98 Å². The van der Waals surface area contributed by atoms with Gasteiger partial charge in [0.25, 0.3) is 0 Å². The Labute approximate surface area is 106 Å². The predicted molar refractivity (Wildman–Crippen MR) is 67.6 cm³/mol. The Hall–Kier alpha value is -1.69. The van der Waals surface area contributed by atoms with Gasteiger partial charge in [0.15, 0.2) is 0 Å². The fraction of sp³-hybridized carbons (Fsp3) is 0.583. The smallest absolute Gasteiger partial charge is 0.311 e. The first-order valence-corrected chi connectivity index (χ1v) is 6.22. The van der Waals surface area contributed by atoms with E-state index in [4.69, 9.17) is 4.74 Å². The summed E-state index contributed by atoms with van der Waals surface area (Å²) in [6, 6.07) is 2.99. The van der Waals surface area contributed by atoms with Gasteiger partial charge in [0.05, 0.1) is 17.6 Å². The summed E-state index contributed by atoms with van der Waals surface area (Å²) in [5, 5.41) is 13.7. The molecule has 1 aromatic rings. The molecule has 1 saturated carbocycles. The normalized spacial score (nSPS) is 15.8. The highest BCUT2D eigenvalue weighted by atomic mass is 16.6. The molecule has 1 aromatic heterocycles. The van der Waals surface area contributed by atoms with Crippen molar-refractivity contribution in [2.45, 2.75) is 31.8 Å². The first-order chi connectivity index (χ1) is 8.77. The van der Waals surface area contributed by atoms with Gasteiger partial charge in [0.2, 0.25) is 5.82 Å². The van der Waals surface area contributed by atoms with Gasteiger partial charge >= 0.3 is 5.69 Å². The molecule has 1 fully saturated rings. The fourth-order valence-electron chi connectivity index (χ4n) is 2.13. The highest BCUT2D eigenvalue weighted by Gasteiger charge is 2.16. The zero-order chi connectivity index (χ0) is 12.8. The molecule has 0 spiro atoms. The molecule has 1 aliphatic rings. The van der Waals surface area contributed by atoms with Crippen molar-refractivity contribution < 1.29 is 9.66 Å². The second-order valence-corrected chi connectivity index (χ2v) is 4.33. The van der Waals surface area contributed by atoms with Gasteiger partial charge < -0.3 is 10.1 Å². The van der Waals surface area contributed by atoms with Crippen molar-refractivity contribution in [3.63, 3.8) is 0 Å². The van der Waals surface area contributed by atoms with Crippen LogP contribution in [0.1, 0.15) is 25.7 Å². The van der Waals surface area contributed by atoms with Crippen LogP contribution >= 0.6 is 0 Å². The summed E-state index contributed by atoms with van der Waals surface area (Å²) in [6.45, 7) is 1.09. The summed E-state index contributed by atoms with van der Waals surface area (Å²) in [5.74, 6) is 0.303. The third kappa shape index (κ3) is 3.40. The summed E-state index contributed by atoms with van der Waals surface area (Å²) in [7, 11) is 0. The molecule has 6 nitrogen and oxygen atoms in total. The Morgan fingerprint density at radius 3 is 3.00 bits per heavy atom. The molecular weight excluding hydrogens is 234 g/mol. The average molecular weight is 251 g/mol. The van der Waals surface area contributed by atoms with Crippen LogP contribution in [0.5, 0.6) is 0 Å². The molecule has 0 atom stereocenters. The number of hydrogen-bond donors (Lipinski definition) is 1. The highest BCUT2D eigenvalue weighted by Crippen LogP contribution is 2.21. The molecule has 0 aliphatic heterocycles. The highest BCUT2D eigenvalue weighted by molar-refractivity contribution is 5.54. The minimum atomic E-state index is -0.437. The van der Waals surface area contributed by atoms with Crippen LogP contribution in [-0.4, -0.2) is 29.2 Å². The van der Waals surface area contributed by atoms with E-state index < -0.39 is 4.92 Å². The molecule has 2 rings (SSSR count). The number of nitrogens with zero attached hydrogens (tertiary/aromatic N) is 2. The van der Waals surface area contributed by atoms with E-state index in [-0.39, 0.29) is 5.69 Å². The predicted octanol–water partition coefficient (Wildman–Crippen LogP) is 2.36. The van der Waals surface area contributed by atoms with Crippen molar-refractivity contribution >= 4 is 11.5 Å². The monoisotopic (exact) mass is 251 g/mol. The number of nitro groups is 1. The third-order valence-electron chi connectivity index (χ3n) is 3.03. The first kappa shape index (κ1) is 12.8. The van der Waals surface area contributed by atoms with E-state index in [1.54, 1.807) is 6.07 Å². The maximum atomic E-state index is 10.8. The van der Waals surface area contributed by atoms with Crippen LogP contribution in [-0.2, 0) is 4.74 Å². The largest absolute Gasteiger partial charge is 0.376 e. The van der Waals surface area contributed by atoms with E-state index >= 15 is 0 Å². The van der Waals surface area contributed by atoms with E-state index in [1.165, 1.54) is 25.1 Å². The molecule has 0 saturated heterocycles. The van der Waals surface area contributed by atoms with Crippen LogP contribution in [0.4, 0.5) is 11.5 Å². The summed E-state index contributed by atoms with van der Waals surface area (Å²) < 4.78 is 5.66. The van der Waals surface area contributed by atoms with E-state index in [1.807, 2.05) is 0 Å². The van der Waals surface area contributed by atoms with Gasteiger partial charge in [-0.1, -0.05) is 12.8 Å². The summed E-state index contributed by atoms with van der Waals surface area (Å²) in [6.07, 6.45) is 6.64. The lowest BCUT2D eigenvalue weighted by molar-refractivity contribution is -0.384. The molecule has 0 amide bonds. The summed E-state index contributed by atoms with van der Waals surface area (Å²) in [5.41, 5.74) is -0.00151. The van der Waals surface area contributed by atoms with Crippen LogP contribution < -0.4 is 5.32 Å². The molecule has 0 radical (unpaired) electrons. The van der Waals surface area contributed by atoms with Crippen LogP contribution in [0.3, 0.4) is 0 Å². The van der Waals surface area contributed by atoms with Crippen molar-refractivity contribution in [2.75, 3.05) is 18.5 Å². The molecular formula is C12H17N3O3. The Balaban J connectivity index is 1.77. The lowest BCUT2D eigenvalue weighted by atomic mass is 10.3. The molecule has 1 N–H and O–H groups in total. The Morgan fingerprint density at radius 2 is 2.28 bits per heavy atom. The molecule has 6 heteroatoms. The summed E-state index contributed by atoms with van der Waals surface area (Å²) in [4.78, 5) is 14.3. The molecule has 18 heavy (non-hydrogen) atoms. The minimum Gasteiger partial charge on any atom is -0.376 e. The molecule has 0 unspecified atom stereocenters. The van der Waals surface area contributed by atoms with Crippen LogP contribution in [0.15, 0.2) is 18.3 Å². The average Bonchev–Trinajstić information content (AvgIpc) is 2.88. The number of rotatable bonds is 6. The minimum absolute atomic E-state index is 0.00151. The number of hydrogen-bond acceptors (Lipinski definition) is 5. The van der Waals surface area contributed by atoms with Gasteiger partial charge in [-0.25, -0.2) is 4.98 Å². The quantitative estimate of drug-likeness (QED) is 0.477. The maximum absolute atomic E-state index is 10.8. The lowest BCUT2D eigenvalue weighted by Gasteiger charge is -2.11. The van der Waals surface area contributed by atoms with Gasteiger partial charge in [-0.3, -0.25) is 10.1 Å². The van der Waals surface area contributed by atoms with E-state index in [0.717, 1.165) is 12.8 Å². The van der Waals surface area contributed by atoms with Gasteiger partial charge in [-0.2, -0.15) is 0 Å². The SMILES string of the molecule is O=[N+]([O-])c1cccnc1NCCOC1CCCC1. The van der Waals surface area contributed by atoms with Crippen LogP contribution in [0.2, 0.25) is 0 Å². The van der Waals surface area contributed by atoms with E-state index in [2.05, 4.69) is 10.3 Å². The number of ether oxygens (including phenoxy) is 1. The zero-order valence-corrected chi connectivity index (χ0v) is 10.2. The molecule has 1 heterocycles. The van der Waals surface area contributed by atoms with Gasteiger partial charge in [-0.05, 0) is 18.9 Å². The Kier molecular flexibility index (Phi) is 4.46. The van der Waals surface area contributed by atoms with Crippen LogP contribution in [0.25, 0.3) is 0 Å². The standard InChI is InChI=1S/C12H17N3O3/c16-15(17)11-6-3-7-13-12(11)14-8-9-18-10-4-1-2-5-10/h3,6-7,10H,1-2,4-5,8-9H2,(H,13,14). The van der Waals surface area contributed by atoms with Gasteiger partial charge in [-0.15, -0.1) is 0 Å². The van der Waals surface area contributed by atoms with Crippen molar-refractivity contribution in [3.8, 4) is 0 Å². The lowest BCUT2D eigenvalue weighted by Crippen LogP contribution is -2.16. The van der Waals surface area contributed by atoms with Crippen molar-refractivity contribution in [3.05, 3.63) is 28.4 Å². The number of nitrogens with one attached hydrogen (secondary N) is 1. The maximum Gasteiger partial charge on any atom is 0.311 e. The molecule has 1 aliphatic carbocycles.